The molecule has 1 aromatic carbocycles. The molecule has 3 atom stereocenters. The van der Waals surface area contributed by atoms with Crippen molar-refractivity contribution in [2.75, 3.05) is 19.7 Å². The number of rotatable bonds is 5. The maximum atomic E-state index is 12.9. The van der Waals surface area contributed by atoms with E-state index in [9.17, 15) is 8.42 Å². The highest BCUT2D eigenvalue weighted by atomic mass is 35.5. The second-order valence-corrected chi connectivity index (χ2v) is 9.45. The summed E-state index contributed by atoms with van der Waals surface area (Å²) >= 11 is 0. The van der Waals surface area contributed by atoms with Crippen molar-refractivity contribution in [3.63, 3.8) is 0 Å². The summed E-state index contributed by atoms with van der Waals surface area (Å²) in [6.45, 7) is 5.94. The molecule has 25 heavy (non-hydrogen) atoms. The number of halogens is 1. The van der Waals surface area contributed by atoms with E-state index in [1.165, 1.54) is 0 Å². The molecule has 0 radical (unpaired) electrons. The Bertz CT molecular complexity index is 663. The lowest BCUT2D eigenvalue weighted by molar-refractivity contribution is 0.260. The molecule has 1 aromatic rings. The molecule has 1 aliphatic heterocycles. The quantitative estimate of drug-likeness (QED) is 0.841. The lowest BCUT2D eigenvalue weighted by Gasteiger charge is -2.29. The van der Waals surface area contributed by atoms with Gasteiger partial charge in [-0.3, -0.25) is 0 Å². The van der Waals surface area contributed by atoms with Crippen LogP contribution in [-0.4, -0.2) is 38.5 Å². The van der Waals surface area contributed by atoms with Gasteiger partial charge in [0, 0.05) is 19.1 Å². The third-order valence-electron chi connectivity index (χ3n) is 5.17. The predicted octanol–water partition coefficient (Wildman–Crippen LogP) is 2.89. The minimum absolute atomic E-state index is 0. The molecule has 1 heterocycles. The number of hydrogen-bond donors (Lipinski definition) is 1. The van der Waals surface area contributed by atoms with E-state index in [4.69, 9.17) is 10.5 Å². The minimum Gasteiger partial charge on any atom is -0.493 e. The van der Waals surface area contributed by atoms with Crippen molar-refractivity contribution in [3.8, 4) is 5.75 Å². The van der Waals surface area contributed by atoms with Crippen LogP contribution >= 0.6 is 12.4 Å². The first kappa shape index (κ1) is 20.5. The summed E-state index contributed by atoms with van der Waals surface area (Å²) in [5.41, 5.74) is 6.20. The van der Waals surface area contributed by atoms with Gasteiger partial charge < -0.3 is 10.5 Å². The van der Waals surface area contributed by atoms with Crippen LogP contribution in [0.2, 0.25) is 0 Å². The molecule has 1 saturated carbocycles. The summed E-state index contributed by atoms with van der Waals surface area (Å²) in [5.74, 6) is 1.87. The molecule has 2 fully saturated rings. The fourth-order valence-corrected chi connectivity index (χ4v) is 5.33. The van der Waals surface area contributed by atoms with Crippen LogP contribution in [0.4, 0.5) is 0 Å². The number of nitrogens with two attached hydrogens (primary N) is 1. The molecule has 3 unspecified atom stereocenters. The van der Waals surface area contributed by atoms with E-state index in [2.05, 4.69) is 13.8 Å². The van der Waals surface area contributed by atoms with E-state index in [1.807, 2.05) is 0 Å². The van der Waals surface area contributed by atoms with E-state index in [0.717, 1.165) is 19.3 Å². The van der Waals surface area contributed by atoms with Crippen molar-refractivity contribution < 1.29 is 13.2 Å². The van der Waals surface area contributed by atoms with Crippen LogP contribution in [0.15, 0.2) is 29.2 Å². The SMILES string of the molecule is CC(C)COc1ccc(S(=O)(=O)N2CC3CCCC(N)C3C2)cc1.Cl. The van der Waals surface area contributed by atoms with Gasteiger partial charge in [-0.05, 0) is 54.9 Å². The van der Waals surface area contributed by atoms with Gasteiger partial charge in [0.25, 0.3) is 0 Å². The second-order valence-electron chi connectivity index (χ2n) is 7.52. The third kappa shape index (κ3) is 4.48. The number of nitrogens with zero attached hydrogens (tertiary/aromatic N) is 1. The number of benzene rings is 1. The van der Waals surface area contributed by atoms with Gasteiger partial charge in [0.1, 0.15) is 5.75 Å². The first-order chi connectivity index (χ1) is 11.4. The maximum absolute atomic E-state index is 12.9. The molecule has 0 spiro atoms. The average Bonchev–Trinajstić information content (AvgIpc) is 3.00. The van der Waals surface area contributed by atoms with Crippen molar-refractivity contribution in [1.29, 1.82) is 0 Å². The molecule has 2 aliphatic rings. The molecule has 2 N–H and O–H groups in total. The Kier molecular flexibility index (Phi) is 6.76. The van der Waals surface area contributed by atoms with Crippen LogP contribution in [0.25, 0.3) is 0 Å². The summed E-state index contributed by atoms with van der Waals surface area (Å²) in [4.78, 5) is 0.339. The van der Waals surface area contributed by atoms with Crippen LogP contribution in [0.3, 0.4) is 0 Å². The predicted molar refractivity (Wildman–Crippen MR) is 102 cm³/mol. The highest BCUT2D eigenvalue weighted by Crippen LogP contribution is 2.37. The third-order valence-corrected chi connectivity index (χ3v) is 7.01. The summed E-state index contributed by atoms with van der Waals surface area (Å²) in [5, 5.41) is 0. The van der Waals surface area contributed by atoms with Crippen molar-refractivity contribution in [1.82, 2.24) is 4.31 Å². The first-order valence-corrected chi connectivity index (χ1v) is 10.3. The number of fused-ring (bicyclic) bond motifs is 1. The minimum atomic E-state index is -3.45. The highest BCUT2D eigenvalue weighted by molar-refractivity contribution is 7.89. The Labute approximate surface area is 157 Å². The van der Waals surface area contributed by atoms with Crippen LogP contribution in [-0.2, 0) is 10.0 Å². The molecule has 5 nitrogen and oxygen atoms in total. The zero-order valence-corrected chi connectivity index (χ0v) is 16.6. The average molecular weight is 389 g/mol. The zero-order chi connectivity index (χ0) is 17.3. The molecular weight excluding hydrogens is 360 g/mol. The van der Waals surface area contributed by atoms with Crippen LogP contribution in [0.5, 0.6) is 5.75 Å². The van der Waals surface area contributed by atoms with Gasteiger partial charge in [-0.2, -0.15) is 4.31 Å². The van der Waals surface area contributed by atoms with Crippen molar-refractivity contribution >= 4 is 22.4 Å². The van der Waals surface area contributed by atoms with E-state index in [1.54, 1.807) is 28.6 Å². The highest BCUT2D eigenvalue weighted by Gasteiger charge is 2.43. The lowest BCUT2D eigenvalue weighted by atomic mass is 9.78. The second kappa shape index (κ2) is 8.25. The summed E-state index contributed by atoms with van der Waals surface area (Å²) in [7, 11) is -3.45. The molecule has 0 amide bonds. The van der Waals surface area contributed by atoms with Gasteiger partial charge in [0.2, 0.25) is 10.0 Å². The topological polar surface area (TPSA) is 72.6 Å². The van der Waals surface area contributed by atoms with E-state index >= 15 is 0 Å². The van der Waals surface area contributed by atoms with Crippen molar-refractivity contribution in [3.05, 3.63) is 24.3 Å². The van der Waals surface area contributed by atoms with Crippen LogP contribution in [0, 0.1) is 17.8 Å². The van der Waals surface area contributed by atoms with Crippen LogP contribution < -0.4 is 10.5 Å². The van der Waals surface area contributed by atoms with E-state index in [-0.39, 0.29) is 18.4 Å². The fraction of sp³-hybridized carbons (Fsp3) is 0.667. The van der Waals surface area contributed by atoms with Crippen LogP contribution in [0.1, 0.15) is 33.1 Å². The Balaban J connectivity index is 0.00000225. The summed E-state index contributed by atoms with van der Waals surface area (Å²) < 4.78 is 33.1. The van der Waals surface area contributed by atoms with E-state index < -0.39 is 10.0 Å². The van der Waals surface area contributed by atoms with E-state index in [0.29, 0.717) is 48.1 Å². The van der Waals surface area contributed by atoms with Gasteiger partial charge in [-0.15, -0.1) is 12.4 Å². The molecule has 1 saturated heterocycles. The Morgan fingerprint density at radius 1 is 1.20 bits per heavy atom. The molecule has 1 aliphatic carbocycles. The number of sulfonamides is 1. The smallest absolute Gasteiger partial charge is 0.243 e. The Morgan fingerprint density at radius 3 is 2.48 bits per heavy atom. The molecule has 7 heteroatoms. The van der Waals surface area contributed by atoms with Gasteiger partial charge in [0.05, 0.1) is 11.5 Å². The molecular formula is C18H29ClN2O3S. The largest absolute Gasteiger partial charge is 0.493 e. The Hall–Kier alpha value is -0.820. The zero-order valence-electron chi connectivity index (χ0n) is 14.9. The van der Waals surface area contributed by atoms with Gasteiger partial charge in [0.15, 0.2) is 0 Å². The molecule has 3 rings (SSSR count). The van der Waals surface area contributed by atoms with Gasteiger partial charge in [-0.1, -0.05) is 20.3 Å². The monoisotopic (exact) mass is 388 g/mol. The number of hydrogen-bond acceptors (Lipinski definition) is 4. The maximum Gasteiger partial charge on any atom is 0.243 e. The molecule has 0 aromatic heterocycles. The summed E-state index contributed by atoms with van der Waals surface area (Å²) in [6.07, 6.45) is 3.21. The Morgan fingerprint density at radius 2 is 1.88 bits per heavy atom. The fourth-order valence-electron chi connectivity index (χ4n) is 3.79. The van der Waals surface area contributed by atoms with Gasteiger partial charge >= 0.3 is 0 Å². The van der Waals surface area contributed by atoms with Gasteiger partial charge in [-0.25, -0.2) is 8.42 Å². The standard InChI is InChI=1S/C18H28N2O3S.ClH/c1-13(2)12-23-15-6-8-16(9-7-15)24(21,22)20-10-14-4-3-5-18(19)17(14)11-20;/h6-9,13-14,17-18H,3-5,10-12,19H2,1-2H3;1H. The lowest BCUT2D eigenvalue weighted by Crippen LogP contribution is -2.38. The summed E-state index contributed by atoms with van der Waals surface area (Å²) in [6, 6.07) is 6.91. The van der Waals surface area contributed by atoms with Crippen molar-refractivity contribution in [2.45, 2.75) is 44.0 Å². The molecule has 142 valence electrons. The normalized spacial score (nSPS) is 27.0. The number of ether oxygens (including phenoxy) is 1. The first-order valence-electron chi connectivity index (χ1n) is 8.86. The molecule has 0 bridgehead atoms. The van der Waals surface area contributed by atoms with Crippen molar-refractivity contribution in [2.24, 2.45) is 23.5 Å².